The maximum absolute atomic E-state index is 13.1. The average molecular weight is 407 g/mol. The van der Waals surface area contributed by atoms with E-state index in [2.05, 4.69) is 44.0 Å². The fourth-order valence-corrected chi connectivity index (χ4v) is 5.90. The van der Waals surface area contributed by atoms with E-state index in [-0.39, 0.29) is 5.91 Å². The van der Waals surface area contributed by atoms with E-state index in [1.54, 1.807) is 19.4 Å². The average Bonchev–Trinajstić information content (AvgIpc) is 2.78. The van der Waals surface area contributed by atoms with Crippen LogP contribution in [-0.4, -0.2) is 58.5 Å². The van der Waals surface area contributed by atoms with Gasteiger partial charge in [-0.15, -0.1) is 0 Å². The van der Waals surface area contributed by atoms with E-state index in [9.17, 15) is 4.79 Å². The van der Waals surface area contributed by atoms with Crippen molar-refractivity contribution in [1.82, 2.24) is 19.8 Å². The molecule has 3 saturated heterocycles. The summed E-state index contributed by atoms with van der Waals surface area (Å²) in [4.78, 5) is 26.4. The number of aryl methyl sites for hydroxylation is 1. The molecular weight excluding hydrogens is 376 g/mol. The summed E-state index contributed by atoms with van der Waals surface area (Å²) in [5.41, 5.74) is 1.92. The van der Waals surface area contributed by atoms with Crippen LogP contribution < -0.4 is 4.74 Å². The molecule has 5 rings (SSSR count). The quantitative estimate of drug-likeness (QED) is 0.781. The number of carbonyl (C=O) groups is 1. The first-order valence-electron chi connectivity index (χ1n) is 11.1. The lowest BCUT2D eigenvalue weighted by atomic mass is 9.74. The number of carbonyl (C=O) groups excluding carboxylic acids is 1. The molecule has 1 aromatic carbocycles. The molecule has 0 spiro atoms. The van der Waals surface area contributed by atoms with E-state index >= 15 is 0 Å². The van der Waals surface area contributed by atoms with E-state index in [1.165, 1.54) is 31.2 Å². The highest BCUT2D eigenvalue weighted by molar-refractivity contribution is 5.92. The lowest BCUT2D eigenvalue weighted by Gasteiger charge is -2.55. The van der Waals surface area contributed by atoms with Gasteiger partial charge in [0.15, 0.2) is 0 Å². The molecule has 6 heteroatoms. The van der Waals surface area contributed by atoms with Gasteiger partial charge in [0.1, 0.15) is 17.3 Å². The minimum Gasteiger partial charge on any atom is -0.497 e. The summed E-state index contributed by atoms with van der Waals surface area (Å²) in [6, 6.07) is 11.4. The topological polar surface area (TPSA) is 58.6 Å². The maximum atomic E-state index is 13.1. The van der Waals surface area contributed by atoms with Gasteiger partial charge in [-0.2, -0.15) is 0 Å². The van der Waals surface area contributed by atoms with Crippen LogP contribution >= 0.6 is 0 Å². The van der Waals surface area contributed by atoms with Crippen LogP contribution in [0.4, 0.5) is 0 Å². The molecule has 2 bridgehead atoms. The third-order valence-electron chi connectivity index (χ3n) is 7.17. The van der Waals surface area contributed by atoms with Crippen molar-refractivity contribution >= 4 is 5.91 Å². The van der Waals surface area contributed by atoms with Gasteiger partial charge in [0.25, 0.3) is 5.91 Å². The Morgan fingerprint density at radius 2 is 1.93 bits per heavy atom. The maximum Gasteiger partial charge on any atom is 0.272 e. The Hall–Kier alpha value is -2.47. The van der Waals surface area contributed by atoms with Crippen LogP contribution in [0.2, 0.25) is 0 Å². The van der Waals surface area contributed by atoms with Crippen molar-refractivity contribution < 1.29 is 9.53 Å². The van der Waals surface area contributed by atoms with E-state index in [0.717, 1.165) is 25.4 Å². The van der Waals surface area contributed by atoms with Gasteiger partial charge in [0, 0.05) is 37.9 Å². The lowest BCUT2D eigenvalue weighted by Crippen LogP contribution is -2.60. The van der Waals surface area contributed by atoms with Gasteiger partial charge in [-0.1, -0.05) is 12.1 Å². The highest BCUT2D eigenvalue weighted by Crippen LogP contribution is 2.44. The zero-order chi connectivity index (χ0) is 20.7. The number of fused-ring (bicyclic) bond motifs is 4. The Morgan fingerprint density at radius 1 is 1.10 bits per heavy atom. The van der Waals surface area contributed by atoms with E-state index < -0.39 is 0 Å². The van der Waals surface area contributed by atoms with Crippen molar-refractivity contribution in [2.24, 2.45) is 11.8 Å². The van der Waals surface area contributed by atoms with Crippen molar-refractivity contribution in [3.05, 3.63) is 53.6 Å². The predicted octanol–water partition coefficient (Wildman–Crippen LogP) is 3.48. The smallest absolute Gasteiger partial charge is 0.272 e. The molecule has 0 saturated carbocycles. The van der Waals surface area contributed by atoms with Gasteiger partial charge >= 0.3 is 0 Å². The van der Waals surface area contributed by atoms with Gasteiger partial charge < -0.3 is 9.64 Å². The van der Waals surface area contributed by atoms with Crippen LogP contribution in [0.5, 0.6) is 5.75 Å². The fourth-order valence-electron chi connectivity index (χ4n) is 5.90. The van der Waals surface area contributed by atoms with E-state index in [1.807, 2.05) is 6.92 Å². The Labute approximate surface area is 178 Å². The van der Waals surface area contributed by atoms with Crippen LogP contribution in [-0.2, 0) is 0 Å². The molecule has 0 radical (unpaired) electrons. The van der Waals surface area contributed by atoms with Crippen molar-refractivity contribution in [3.8, 4) is 5.75 Å². The van der Waals surface area contributed by atoms with E-state index in [4.69, 9.17) is 4.74 Å². The number of hydrogen-bond acceptors (Lipinski definition) is 5. The molecule has 3 aliphatic rings. The van der Waals surface area contributed by atoms with Crippen molar-refractivity contribution in [1.29, 1.82) is 0 Å². The first-order chi connectivity index (χ1) is 14.6. The molecule has 2 aromatic rings. The van der Waals surface area contributed by atoms with Crippen molar-refractivity contribution in [2.45, 2.75) is 44.7 Å². The number of likely N-dealkylation sites (tertiary alicyclic amines) is 1. The van der Waals surface area contributed by atoms with Crippen LogP contribution in [0.25, 0.3) is 0 Å². The van der Waals surface area contributed by atoms with Crippen molar-refractivity contribution in [2.75, 3.05) is 26.7 Å². The summed E-state index contributed by atoms with van der Waals surface area (Å²) in [5.74, 6) is 2.71. The summed E-state index contributed by atoms with van der Waals surface area (Å²) < 4.78 is 5.34. The number of nitrogens with zero attached hydrogens (tertiary/aromatic N) is 4. The highest BCUT2D eigenvalue weighted by atomic mass is 16.5. The molecule has 1 aromatic heterocycles. The second kappa shape index (κ2) is 7.99. The summed E-state index contributed by atoms with van der Waals surface area (Å²) in [6.07, 6.45) is 6.62. The van der Waals surface area contributed by atoms with Crippen LogP contribution in [0, 0.1) is 18.8 Å². The summed E-state index contributed by atoms with van der Waals surface area (Å²) >= 11 is 0. The highest BCUT2D eigenvalue weighted by Gasteiger charge is 2.45. The largest absolute Gasteiger partial charge is 0.497 e. The summed E-state index contributed by atoms with van der Waals surface area (Å²) in [7, 11) is 1.72. The number of benzene rings is 1. The SMILES string of the molecule is COc1ccc([C@H]2CCC[C@H]3[C@@H]4C[C@@H](CN(C(=O)c5ccnc(C)n5)C4)CN23)cc1. The van der Waals surface area contributed by atoms with Gasteiger partial charge in [0.2, 0.25) is 0 Å². The Morgan fingerprint density at radius 3 is 2.70 bits per heavy atom. The van der Waals surface area contributed by atoms with Crippen LogP contribution in [0.3, 0.4) is 0 Å². The standard InChI is InChI=1S/C24H30N4O2/c1-16-25-11-10-21(26-16)24(29)27-13-17-12-19(15-27)23-5-3-4-22(28(23)14-17)18-6-8-20(30-2)9-7-18/h6-11,17,19,22-23H,3-5,12-15H2,1-2H3/t17-,19+,22+,23-/m0/s1. The number of methoxy groups -OCH3 is 1. The minimum atomic E-state index is 0.0613. The molecule has 0 N–H and O–H groups in total. The lowest BCUT2D eigenvalue weighted by molar-refractivity contribution is -0.0512. The molecule has 4 heterocycles. The molecule has 3 aliphatic heterocycles. The van der Waals surface area contributed by atoms with E-state index in [0.29, 0.717) is 35.4 Å². The number of rotatable bonds is 3. The second-order valence-corrected chi connectivity index (χ2v) is 9.05. The first-order valence-corrected chi connectivity index (χ1v) is 11.1. The van der Waals surface area contributed by atoms with Crippen LogP contribution in [0.1, 0.15) is 53.6 Å². The molecule has 1 amide bonds. The van der Waals surface area contributed by atoms with Gasteiger partial charge in [-0.3, -0.25) is 9.69 Å². The second-order valence-electron chi connectivity index (χ2n) is 9.05. The summed E-state index contributed by atoms with van der Waals surface area (Å²) in [5, 5.41) is 0. The molecule has 4 atom stereocenters. The molecule has 6 nitrogen and oxygen atoms in total. The fraction of sp³-hybridized carbons (Fsp3) is 0.542. The third-order valence-corrected chi connectivity index (χ3v) is 7.17. The first kappa shape index (κ1) is 19.5. The number of ether oxygens (including phenoxy) is 1. The predicted molar refractivity (Wildman–Crippen MR) is 114 cm³/mol. The number of amides is 1. The molecule has 158 valence electrons. The number of piperidine rings is 3. The molecule has 3 fully saturated rings. The molecule has 0 unspecified atom stereocenters. The number of aromatic nitrogens is 2. The normalized spacial score (nSPS) is 28.7. The number of hydrogen-bond donors (Lipinski definition) is 0. The Bertz CT molecular complexity index is 916. The monoisotopic (exact) mass is 406 g/mol. The van der Waals surface area contributed by atoms with Gasteiger partial charge in [0.05, 0.1) is 7.11 Å². The Kier molecular flexibility index (Phi) is 5.19. The molecular formula is C24H30N4O2. The minimum absolute atomic E-state index is 0.0613. The van der Waals surface area contributed by atoms with Gasteiger partial charge in [-0.05, 0) is 68.2 Å². The third kappa shape index (κ3) is 3.58. The van der Waals surface area contributed by atoms with Gasteiger partial charge in [-0.25, -0.2) is 9.97 Å². The Balaban J connectivity index is 1.34. The zero-order valence-electron chi connectivity index (χ0n) is 17.8. The zero-order valence-corrected chi connectivity index (χ0v) is 17.8. The molecule has 30 heavy (non-hydrogen) atoms. The van der Waals surface area contributed by atoms with Crippen LogP contribution in [0.15, 0.2) is 36.5 Å². The van der Waals surface area contributed by atoms with Crippen molar-refractivity contribution in [3.63, 3.8) is 0 Å². The summed E-state index contributed by atoms with van der Waals surface area (Å²) in [6.45, 7) is 4.58. The molecule has 0 aliphatic carbocycles.